The number of hydrogen-bond acceptors (Lipinski definition) is 6. The van der Waals surface area contributed by atoms with Gasteiger partial charge in [0.25, 0.3) is 5.91 Å². The summed E-state index contributed by atoms with van der Waals surface area (Å²) in [5.74, 6) is 1.79. The number of benzene rings is 1. The van der Waals surface area contributed by atoms with Crippen LogP contribution in [0, 0.1) is 11.8 Å². The Labute approximate surface area is 192 Å². The van der Waals surface area contributed by atoms with E-state index in [-0.39, 0.29) is 17.7 Å². The normalized spacial score (nSPS) is 18.2. The zero-order valence-corrected chi connectivity index (χ0v) is 20.2. The molecule has 0 atom stereocenters. The predicted molar refractivity (Wildman–Crippen MR) is 125 cm³/mol. The number of rotatable bonds is 12. The summed E-state index contributed by atoms with van der Waals surface area (Å²) in [6.45, 7) is 8.44. The molecule has 0 bridgehead atoms. The Morgan fingerprint density at radius 2 is 1.53 bits per heavy atom. The average Bonchev–Trinajstić information content (AvgIpc) is 2.84. The molecule has 2 N–H and O–H groups in total. The van der Waals surface area contributed by atoms with Gasteiger partial charge in [-0.2, -0.15) is 0 Å². The van der Waals surface area contributed by atoms with Crippen molar-refractivity contribution in [3.05, 3.63) is 17.7 Å². The number of methoxy groups -OCH3 is 3. The highest BCUT2D eigenvalue weighted by Crippen LogP contribution is 2.38. The summed E-state index contributed by atoms with van der Waals surface area (Å²) in [7, 11) is 4.58. The van der Waals surface area contributed by atoms with Gasteiger partial charge in [0, 0.05) is 31.1 Å². The number of hydrogen-bond donors (Lipinski definition) is 2. The highest BCUT2D eigenvalue weighted by atomic mass is 16.5. The molecule has 1 aromatic rings. The molecule has 180 valence electrons. The lowest BCUT2D eigenvalue weighted by molar-refractivity contribution is -0.126. The maximum Gasteiger partial charge on any atom is 0.251 e. The zero-order chi connectivity index (χ0) is 23.5. The molecule has 8 heteroatoms. The Morgan fingerprint density at radius 1 is 0.938 bits per heavy atom. The summed E-state index contributed by atoms with van der Waals surface area (Å²) < 4.78 is 16.0. The smallest absolute Gasteiger partial charge is 0.251 e. The first-order valence-electron chi connectivity index (χ1n) is 11.5. The molecule has 0 spiro atoms. The van der Waals surface area contributed by atoms with Crippen LogP contribution in [-0.2, 0) is 4.79 Å². The first-order chi connectivity index (χ1) is 15.5. The van der Waals surface area contributed by atoms with E-state index in [0.29, 0.717) is 41.8 Å². The maximum atomic E-state index is 12.7. The number of nitrogens with zero attached hydrogens (tertiary/aromatic N) is 1. The van der Waals surface area contributed by atoms with Crippen molar-refractivity contribution in [3.8, 4) is 17.2 Å². The molecule has 1 aliphatic rings. The fraction of sp³-hybridized carbons (Fsp3) is 0.667. The number of nitrogens with one attached hydrogen (secondary N) is 2. The van der Waals surface area contributed by atoms with Gasteiger partial charge in [-0.15, -0.1) is 0 Å². The third-order valence-corrected chi connectivity index (χ3v) is 6.32. The van der Waals surface area contributed by atoms with Crippen LogP contribution in [0.25, 0.3) is 0 Å². The van der Waals surface area contributed by atoms with E-state index >= 15 is 0 Å². The number of carbonyl (C=O) groups is 2. The SMILES string of the molecule is CCN(CC)CCNC(=O)C1CCC(CNC(=O)c2cc(OC)c(OC)c(OC)c2)CC1. The van der Waals surface area contributed by atoms with Crippen LogP contribution >= 0.6 is 0 Å². The highest BCUT2D eigenvalue weighted by Gasteiger charge is 2.26. The largest absolute Gasteiger partial charge is 0.493 e. The van der Waals surface area contributed by atoms with E-state index in [9.17, 15) is 9.59 Å². The number of amides is 2. The third kappa shape index (κ3) is 7.02. The van der Waals surface area contributed by atoms with Crippen LogP contribution in [0.4, 0.5) is 0 Å². The molecule has 0 aliphatic heterocycles. The van der Waals surface area contributed by atoms with Crippen molar-refractivity contribution in [2.75, 3.05) is 54.1 Å². The first kappa shape index (κ1) is 25.8. The van der Waals surface area contributed by atoms with Gasteiger partial charge < -0.3 is 29.7 Å². The van der Waals surface area contributed by atoms with Crippen molar-refractivity contribution < 1.29 is 23.8 Å². The van der Waals surface area contributed by atoms with E-state index in [4.69, 9.17) is 14.2 Å². The van der Waals surface area contributed by atoms with Crippen LogP contribution in [0.3, 0.4) is 0 Å². The summed E-state index contributed by atoms with van der Waals surface area (Å²) in [6, 6.07) is 3.30. The molecule has 0 saturated heterocycles. The van der Waals surface area contributed by atoms with E-state index in [1.807, 2.05) is 0 Å². The molecule has 2 amide bonds. The predicted octanol–water partition coefficient (Wildman–Crippen LogP) is 2.71. The Balaban J connectivity index is 1.79. The van der Waals surface area contributed by atoms with E-state index in [1.165, 1.54) is 21.3 Å². The van der Waals surface area contributed by atoms with Gasteiger partial charge in [-0.3, -0.25) is 9.59 Å². The van der Waals surface area contributed by atoms with Gasteiger partial charge >= 0.3 is 0 Å². The van der Waals surface area contributed by atoms with Gasteiger partial charge in [0.05, 0.1) is 21.3 Å². The third-order valence-electron chi connectivity index (χ3n) is 6.32. The molecule has 8 nitrogen and oxygen atoms in total. The molecule has 1 fully saturated rings. The van der Waals surface area contributed by atoms with Crippen molar-refractivity contribution in [2.24, 2.45) is 11.8 Å². The first-order valence-corrected chi connectivity index (χ1v) is 11.5. The van der Waals surface area contributed by atoms with Crippen LogP contribution in [0.1, 0.15) is 49.9 Å². The second-order valence-electron chi connectivity index (χ2n) is 8.16. The molecule has 1 saturated carbocycles. The average molecular weight is 450 g/mol. The van der Waals surface area contributed by atoms with Crippen LogP contribution in [0.5, 0.6) is 17.2 Å². The number of carbonyl (C=O) groups excluding carboxylic acids is 2. The van der Waals surface area contributed by atoms with Crippen molar-refractivity contribution in [3.63, 3.8) is 0 Å². The van der Waals surface area contributed by atoms with Crippen molar-refractivity contribution in [1.29, 1.82) is 0 Å². The van der Waals surface area contributed by atoms with Crippen molar-refractivity contribution >= 4 is 11.8 Å². The second kappa shape index (κ2) is 13.2. The molecular formula is C24H39N3O5. The zero-order valence-electron chi connectivity index (χ0n) is 20.2. The van der Waals surface area contributed by atoms with Crippen molar-refractivity contribution in [1.82, 2.24) is 15.5 Å². The van der Waals surface area contributed by atoms with Crippen LogP contribution in [0.15, 0.2) is 12.1 Å². The minimum atomic E-state index is -0.180. The molecular weight excluding hydrogens is 410 g/mol. The topological polar surface area (TPSA) is 89.1 Å². The van der Waals surface area contributed by atoms with Gasteiger partial charge in [-0.1, -0.05) is 13.8 Å². The van der Waals surface area contributed by atoms with Gasteiger partial charge in [-0.05, 0) is 56.8 Å². The molecule has 2 rings (SSSR count). The molecule has 32 heavy (non-hydrogen) atoms. The van der Waals surface area contributed by atoms with Gasteiger partial charge in [0.1, 0.15) is 0 Å². The van der Waals surface area contributed by atoms with Gasteiger partial charge in [0.2, 0.25) is 11.7 Å². The molecule has 0 radical (unpaired) electrons. The van der Waals surface area contributed by atoms with Crippen LogP contribution in [0.2, 0.25) is 0 Å². The minimum Gasteiger partial charge on any atom is -0.493 e. The standard InChI is InChI=1S/C24H39N3O5/c1-6-27(7-2)13-12-25-23(28)18-10-8-17(9-11-18)16-26-24(29)19-14-20(30-3)22(32-5)21(15-19)31-4/h14-15,17-18H,6-13,16H2,1-5H3,(H,25,28)(H,26,29). The van der Waals surface area contributed by atoms with E-state index < -0.39 is 0 Å². The Hall–Kier alpha value is -2.48. The Morgan fingerprint density at radius 3 is 2.03 bits per heavy atom. The van der Waals surface area contributed by atoms with Crippen molar-refractivity contribution in [2.45, 2.75) is 39.5 Å². The Bertz CT molecular complexity index is 718. The van der Waals surface area contributed by atoms with Crippen LogP contribution < -0.4 is 24.8 Å². The molecule has 0 unspecified atom stereocenters. The molecule has 0 heterocycles. The summed E-state index contributed by atoms with van der Waals surface area (Å²) in [4.78, 5) is 27.4. The lowest BCUT2D eigenvalue weighted by Gasteiger charge is -2.28. The summed E-state index contributed by atoms with van der Waals surface area (Å²) >= 11 is 0. The fourth-order valence-corrected chi connectivity index (χ4v) is 4.20. The number of likely N-dealkylation sites (N-methyl/N-ethyl adjacent to an activating group) is 1. The monoisotopic (exact) mass is 449 g/mol. The van der Waals surface area contributed by atoms with Gasteiger partial charge in [-0.25, -0.2) is 0 Å². The summed E-state index contributed by atoms with van der Waals surface area (Å²) in [5.41, 5.74) is 0.459. The quantitative estimate of drug-likeness (QED) is 0.510. The van der Waals surface area contributed by atoms with E-state index in [1.54, 1.807) is 12.1 Å². The molecule has 1 aromatic carbocycles. The molecule has 0 aromatic heterocycles. The lowest BCUT2D eigenvalue weighted by atomic mass is 9.81. The van der Waals surface area contributed by atoms with E-state index in [2.05, 4.69) is 29.4 Å². The second-order valence-corrected chi connectivity index (χ2v) is 8.16. The highest BCUT2D eigenvalue weighted by molar-refractivity contribution is 5.95. The van der Waals surface area contributed by atoms with E-state index in [0.717, 1.165) is 45.3 Å². The number of ether oxygens (including phenoxy) is 3. The molecule has 1 aliphatic carbocycles. The van der Waals surface area contributed by atoms with Gasteiger partial charge in [0.15, 0.2) is 11.5 Å². The summed E-state index contributed by atoms with van der Waals surface area (Å²) in [6.07, 6.45) is 3.59. The maximum absolute atomic E-state index is 12.7. The lowest BCUT2D eigenvalue weighted by Crippen LogP contribution is -2.39. The van der Waals surface area contributed by atoms with Crippen LogP contribution in [-0.4, -0.2) is 70.8 Å². The minimum absolute atomic E-state index is 0.0776. The summed E-state index contributed by atoms with van der Waals surface area (Å²) in [5, 5.41) is 6.10. The fourth-order valence-electron chi connectivity index (χ4n) is 4.20. The Kier molecular flexibility index (Phi) is 10.6.